The fraction of sp³-hybridized carbons (Fsp3) is 0.333. The molecule has 4 nitrogen and oxygen atoms in total. The average molecular weight is 285 g/mol. The van der Waals surface area contributed by atoms with Gasteiger partial charge in [0.15, 0.2) is 0 Å². The number of rotatable bonds is 5. The summed E-state index contributed by atoms with van der Waals surface area (Å²) in [6.07, 6.45) is 1.68. The zero-order valence-corrected chi connectivity index (χ0v) is 10.3. The number of ether oxygens (including phenoxy) is 1. The van der Waals surface area contributed by atoms with E-state index in [0.29, 0.717) is 6.61 Å². The molecule has 1 radical (unpaired) electrons. The normalized spacial score (nSPS) is 9.24. The molecule has 0 atom stereocenters. The molecule has 0 aromatic heterocycles. The number of carbonyl (C=O) groups excluding carboxylic acids is 2. The topological polar surface area (TPSA) is 66.4 Å². The second kappa shape index (κ2) is 7.87. The van der Waals surface area contributed by atoms with Crippen LogP contribution in [0.25, 0.3) is 0 Å². The Kier molecular flexibility index (Phi) is 7.26. The number of carboxylic acids is 1. The molecule has 0 aliphatic carbocycles. The summed E-state index contributed by atoms with van der Waals surface area (Å²) >= 11 is 0. The number of aromatic carboxylic acids is 1. The van der Waals surface area contributed by atoms with E-state index in [1.54, 1.807) is 6.07 Å². The molecule has 0 saturated heterocycles. The molecule has 17 heavy (non-hydrogen) atoms. The first-order valence-corrected chi connectivity index (χ1v) is 5.14. The quantitative estimate of drug-likeness (QED) is 0.460. The Morgan fingerprint density at radius 3 is 2.35 bits per heavy atom. The van der Waals surface area contributed by atoms with E-state index in [4.69, 9.17) is 4.74 Å². The van der Waals surface area contributed by atoms with Crippen LogP contribution in [0.5, 0.6) is 0 Å². The van der Waals surface area contributed by atoms with Crippen LogP contribution in [0.4, 0.5) is 0 Å². The number of carboxylic acid groups (broad SMARTS) is 1. The van der Waals surface area contributed by atoms with Gasteiger partial charge in [-0.15, -0.1) is 0 Å². The summed E-state index contributed by atoms with van der Waals surface area (Å²) in [4.78, 5) is 22.3. The van der Waals surface area contributed by atoms with Crippen LogP contribution >= 0.6 is 0 Å². The van der Waals surface area contributed by atoms with Crippen LogP contribution in [0.2, 0.25) is 0 Å². The van der Waals surface area contributed by atoms with Gasteiger partial charge in [0.1, 0.15) is 0 Å². The van der Waals surface area contributed by atoms with Gasteiger partial charge >= 0.3 is 23.0 Å². The number of unbranched alkanes of at least 4 members (excludes halogenated alkanes) is 1. The minimum absolute atomic E-state index is 0. The van der Waals surface area contributed by atoms with Crippen molar-refractivity contribution in [3.05, 3.63) is 35.4 Å². The van der Waals surface area contributed by atoms with Crippen molar-refractivity contribution in [2.24, 2.45) is 0 Å². The molecular formula is C12H13CuO4+. The summed E-state index contributed by atoms with van der Waals surface area (Å²) in [5, 5.41) is 10.7. The molecule has 0 unspecified atom stereocenters. The Labute approximate surface area is 110 Å². The summed E-state index contributed by atoms with van der Waals surface area (Å²) in [6, 6.07) is 5.86. The van der Waals surface area contributed by atoms with E-state index in [1.807, 2.05) is 6.92 Å². The van der Waals surface area contributed by atoms with Crippen LogP contribution in [0.3, 0.4) is 0 Å². The van der Waals surface area contributed by atoms with Gasteiger partial charge in [0.25, 0.3) is 0 Å². The van der Waals surface area contributed by atoms with Gasteiger partial charge in [0.2, 0.25) is 0 Å². The Morgan fingerprint density at radius 1 is 1.24 bits per heavy atom. The standard InChI is InChI=1S/C12H14O4.Cu/c1-2-3-8-16-12(15)10-7-5-4-6-9(10)11(13)14;/h4-7H,2-3,8H2,1H3,(H,13,14);/q;+2/p-1. The van der Waals surface area contributed by atoms with E-state index in [1.165, 1.54) is 18.2 Å². The van der Waals surface area contributed by atoms with Crippen molar-refractivity contribution in [3.8, 4) is 0 Å². The van der Waals surface area contributed by atoms with E-state index < -0.39 is 11.9 Å². The van der Waals surface area contributed by atoms with Crippen LogP contribution in [0.1, 0.15) is 40.5 Å². The van der Waals surface area contributed by atoms with Gasteiger partial charge in [-0.05, 0) is 12.5 Å². The molecule has 1 rings (SSSR count). The van der Waals surface area contributed by atoms with Crippen molar-refractivity contribution in [1.82, 2.24) is 0 Å². The van der Waals surface area contributed by atoms with E-state index in [0.717, 1.165) is 12.8 Å². The third kappa shape index (κ3) is 4.59. The number of hydrogen-bond donors (Lipinski definition) is 0. The summed E-state index contributed by atoms with van der Waals surface area (Å²) in [7, 11) is 0. The van der Waals surface area contributed by atoms with E-state index in [-0.39, 0.29) is 28.2 Å². The summed E-state index contributed by atoms with van der Waals surface area (Å²) < 4.78 is 4.93. The monoisotopic (exact) mass is 284 g/mol. The van der Waals surface area contributed by atoms with Crippen LogP contribution in [-0.4, -0.2) is 18.5 Å². The summed E-state index contributed by atoms with van der Waals surface area (Å²) in [6.45, 7) is 2.28. The SMILES string of the molecule is CCCCOC(=O)c1ccccc1C(=O)[O-].[Cu+2]. The third-order valence-electron chi connectivity index (χ3n) is 2.10. The van der Waals surface area contributed by atoms with Gasteiger partial charge in [-0.25, -0.2) is 4.79 Å². The molecule has 0 aliphatic rings. The van der Waals surface area contributed by atoms with Crippen molar-refractivity contribution in [2.75, 3.05) is 6.61 Å². The first-order valence-electron chi connectivity index (χ1n) is 5.14. The van der Waals surface area contributed by atoms with Crippen molar-refractivity contribution < 1.29 is 36.5 Å². The van der Waals surface area contributed by atoms with Gasteiger partial charge in [-0.1, -0.05) is 31.5 Å². The first kappa shape index (κ1) is 15.7. The molecule has 0 aliphatic heterocycles. The predicted molar refractivity (Wildman–Crippen MR) is 56.0 cm³/mol. The molecule has 0 bridgehead atoms. The van der Waals surface area contributed by atoms with Gasteiger partial charge in [0, 0.05) is 5.56 Å². The fourth-order valence-electron chi connectivity index (χ4n) is 1.23. The van der Waals surface area contributed by atoms with Crippen LogP contribution in [0, 0.1) is 0 Å². The molecule has 1 aromatic carbocycles. The molecule has 0 N–H and O–H groups in total. The maximum absolute atomic E-state index is 11.5. The fourth-order valence-corrected chi connectivity index (χ4v) is 1.23. The smallest absolute Gasteiger partial charge is 0.545 e. The molecule has 0 amide bonds. The van der Waals surface area contributed by atoms with Crippen molar-refractivity contribution in [1.29, 1.82) is 0 Å². The maximum atomic E-state index is 11.5. The molecule has 0 spiro atoms. The Hall–Kier alpha value is -1.32. The van der Waals surface area contributed by atoms with E-state index in [2.05, 4.69) is 0 Å². The number of esters is 1. The molecular weight excluding hydrogens is 272 g/mol. The third-order valence-corrected chi connectivity index (χ3v) is 2.10. The van der Waals surface area contributed by atoms with E-state index >= 15 is 0 Å². The van der Waals surface area contributed by atoms with Crippen LogP contribution in [-0.2, 0) is 21.8 Å². The first-order chi connectivity index (χ1) is 7.66. The largest absolute Gasteiger partial charge is 2.00 e. The molecule has 95 valence electrons. The summed E-state index contributed by atoms with van der Waals surface area (Å²) in [5.74, 6) is -1.99. The van der Waals surface area contributed by atoms with Crippen molar-refractivity contribution >= 4 is 11.9 Å². The van der Waals surface area contributed by atoms with Crippen LogP contribution < -0.4 is 5.11 Å². The van der Waals surface area contributed by atoms with Gasteiger partial charge < -0.3 is 14.6 Å². The molecule has 0 fully saturated rings. The minimum Gasteiger partial charge on any atom is -0.545 e. The zero-order valence-electron chi connectivity index (χ0n) is 9.37. The van der Waals surface area contributed by atoms with E-state index in [9.17, 15) is 14.7 Å². The number of carbonyl (C=O) groups is 2. The van der Waals surface area contributed by atoms with Crippen molar-refractivity contribution in [3.63, 3.8) is 0 Å². The molecule has 0 heterocycles. The molecule has 5 heteroatoms. The van der Waals surface area contributed by atoms with Gasteiger partial charge in [-0.2, -0.15) is 0 Å². The predicted octanol–water partition coefficient (Wildman–Crippen LogP) is 1.00. The minimum atomic E-state index is -1.37. The number of benzene rings is 1. The van der Waals surface area contributed by atoms with Gasteiger partial charge in [-0.3, -0.25) is 0 Å². The second-order valence-electron chi connectivity index (χ2n) is 3.32. The van der Waals surface area contributed by atoms with Gasteiger partial charge in [0.05, 0.1) is 18.1 Å². The van der Waals surface area contributed by atoms with Crippen LogP contribution in [0.15, 0.2) is 24.3 Å². The molecule has 0 saturated carbocycles. The van der Waals surface area contributed by atoms with Crippen molar-refractivity contribution in [2.45, 2.75) is 19.8 Å². The Morgan fingerprint density at radius 2 is 1.82 bits per heavy atom. The number of hydrogen-bond acceptors (Lipinski definition) is 4. The average Bonchev–Trinajstić information content (AvgIpc) is 2.29. The molecule has 1 aromatic rings. The zero-order chi connectivity index (χ0) is 12.0. The maximum Gasteiger partial charge on any atom is 2.00 e. The Balaban J connectivity index is 0.00000256. The Bertz CT molecular complexity index is 390. The second-order valence-corrected chi connectivity index (χ2v) is 3.32. The summed E-state index contributed by atoms with van der Waals surface area (Å²) in [5.41, 5.74) is -0.0948.